The monoisotopic (exact) mass is 407 g/mol. The molecule has 1 amide bonds. The third kappa shape index (κ3) is 4.31. The van der Waals surface area contributed by atoms with Crippen molar-refractivity contribution in [1.29, 1.82) is 0 Å². The zero-order valence-electron chi connectivity index (χ0n) is 13.7. The van der Waals surface area contributed by atoms with Crippen LogP contribution >= 0.6 is 34.9 Å². The van der Waals surface area contributed by atoms with Gasteiger partial charge >= 0.3 is 5.97 Å². The number of carboxylic acid groups (broad SMARTS) is 1. The number of rotatable bonds is 6. The number of carbonyl (C=O) groups is 3. The normalized spacial score (nSPS) is 19.5. The summed E-state index contributed by atoms with van der Waals surface area (Å²) in [5.41, 5.74) is 0.599. The Morgan fingerprint density at radius 1 is 1.15 bits per heavy atom. The van der Waals surface area contributed by atoms with E-state index in [-0.39, 0.29) is 22.8 Å². The van der Waals surface area contributed by atoms with Crippen LogP contribution in [0.1, 0.15) is 27.0 Å². The van der Waals surface area contributed by atoms with E-state index in [1.165, 1.54) is 28.0 Å². The highest BCUT2D eigenvalue weighted by atomic mass is 32.2. The fourth-order valence-corrected chi connectivity index (χ4v) is 5.84. The van der Waals surface area contributed by atoms with E-state index in [9.17, 15) is 19.5 Å². The second kappa shape index (κ2) is 8.75. The van der Waals surface area contributed by atoms with Gasteiger partial charge in [0.25, 0.3) is 0 Å². The quantitative estimate of drug-likeness (QED) is 0.786. The fraction of sp³-hybridized carbons (Fsp3) is 0.278. The van der Waals surface area contributed by atoms with Crippen LogP contribution in [0.2, 0.25) is 0 Å². The molecule has 1 fully saturated rings. The highest BCUT2D eigenvalue weighted by Gasteiger charge is 2.42. The van der Waals surface area contributed by atoms with Gasteiger partial charge in [0.05, 0.1) is 0 Å². The van der Waals surface area contributed by atoms with Crippen LogP contribution in [0.3, 0.4) is 0 Å². The van der Waals surface area contributed by atoms with Crippen molar-refractivity contribution in [2.24, 2.45) is 0 Å². The zero-order chi connectivity index (χ0) is 18.5. The molecule has 26 heavy (non-hydrogen) atoms. The zero-order valence-corrected chi connectivity index (χ0v) is 16.2. The number of amides is 1. The number of carboxylic acids is 1. The lowest BCUT2D eigenvalue weighted by Crippen LogP contribution is -2.42. The van der Waals surface area contributed by atoms with Crippen molar-refractivity contribution >= 4 is 51.9 Å². The molecule has 1 saturated heterocycles. The summed E-state index contributed by atoms with van der Waals surface area (Å²) in [6, 6.07) is 11.9. The Balaban J connectivity index is 1.62. The second-order valence-electron chi connectivity index (χ2n) is 5.61. The molecule has 8 heteroatoms. The van der Waals surface area contributed by atoms with Crippen LogP contribution in [0.5, 0.6) is 0 Å². The Morgan fingerprint density at radius 2 is 1.92 bits per heavy atom. The van der Waals surface area contributed by atoms with E-state index in [0.29, 0.717) is 17.1 Å². The van der Waals surface area contributed by atoms with Gasteiger partial charge in [0.1, 0.15) is 11.4 Å². The SMILES string of the molecule is O=C(SCCC(=O)N1C(c2cccs2)SC[C@H]1C(=O)O)c1ccccc1. The van der Waals surface area contributed by atoms with E-state index in [0.717, 1.165) is 16.6 Å². The van der Waals surface area contributed by atoms with E-state index in [1.807, 2.05) is 23.6 Å². The molecule has 136 valence electrons. The summed E-state index contributed by atoms with van der Waals surface area (Å²) in [7, 11) is 0. The van der Waals surface area contributed by atoms with Gasteiger partial charge in [-0.15, -0.1) is 23.1 Å². The molecule has 1 aliphatic rings. The van der Waals surface area contributed by atoms with Gasteiger partial charge in [-0.3, -0.25) is 9.59 Å². The van der Waals surface area contributed by atoms with Gasteiger partial charge < -0.3 is 10.0 Å². The van der Waals surface area contributed by atoms with Gasteiger partial charge in [0.2, 0.25) is 11.0 Å². The lowest BCUT2D eigenvalue weighted by atomic mass is 10.2. The van der Waals surface area contributed by atoms with Gasteiger partial charge in [-0.2, -0.15) is 0 Å². The Labute approximate surface area is 163 Å². The molecule has 0 bridgehead atoms. The van der Waals surface area contributed by atoms with Crippen LogP contribution in [-0.4, -0.2) is 44.5 Å². The highest BCUT2D eigenvalue weighted by molar-refractivity contribution is 8.14. The van der Waals surface area contributed by atoms with Crippen molar-refractivity contribution in [3.05, 3.63) is 58.3 Å². The Morgan fingerprint density at radius 3 is 2.58 bits per heavy atom. The van der Waals surface area contributed by atoms with Gasteiger partial charge in [0, 0.05) is 28.4 Å². The summed E-state index contributed by atoms with van der Waals surface area (Å²) in [6.07, 6.45) is 0.134. The van der Waals surface area contributed by atoms with E-state index < -0.39 is 12.0 Å². The third-order valence-electron chi connectivity index (χ3n) is 3.92. The van der Waals surface area contributed by atoms with Crippen molar-refractivity contribution in [3.63, 3.8) is 0 Å². The molecule has 0 aliphatic carbocycles. The van der Waals surface area contributed by atoms with Gasteiger partial charge in [-0.1, -0.05) is 48.2 Å². The molecular weight excluding hydrogens is 390 g/mol. The molecular formula is C18H17NO4S3. The molecule has 1 aliphatic heterocycles. The average molecular weight is 408 g/mol. The van der Waals surface area contributed by atoms with Crippen LogP contribution in [0, 0.1) is 0 Å². The van der Waals surface area contributed by atoms with E-state index >= 15 is 0 Å². The minimum absolute atomic E-state index is 0.0845. The van der Waals surface area contributed by atoms with Gasteiger partial charge in [0.15, 0.2) is 0 Å². The molecule has 0 saturated carbocycles. The number of hydrogen-bond acceptors (Lipinski definition) is 6. The van der Waals surface area contributed by atoms with Crippen LogP contribution in [-0.2, 0) is 9.59 Å². The number of thiophene rings is 1. The molecule has 2 atom stereocenters. The number of carbonyl (C=O) groups excluding carboxylic acids is 2. The first kappa shape index (κ1) is 19.0. The summed E-state index contributed by atoms with van der Waals surface area (Å²) in [6.45, 7) is 0. The molecule has 2 aromatic rings. The Hall–Kier alpha value is -1.77. The van der Waals surface area contributed by atoms with Crippen LogP contribution in [0.4, 0.5) is 0 Å². The van der Waals surface area contributed by atoms with Crippen molar-refractivity contribution < 1.29 is 19.5 Å². The van der Waals surface area contributed by atoms with Crippen LogP contribution < -0.4 is 0 Å². The number of hydrogen-bond donors (Lipinski definition) is 1. The Bertz CT molecular complexity index is 779. The summed E-state index contributed by atoms with van der Waals surface area (Å²) in [4.78, 5) is 38.8. The lowest BCUT2D eigenvalue weighted by Gasteiger charge is -2.26. The minimum Gasteiger partial charge on any atom is -0.480 e. The molecule has 3 rings (SSSR count). The topological polar surface area (TPSA) is 74.7 Å². The molecule has 1 aromatic heterocycles. The fourth-order valence-electron chi connectivity index (χ4n) is 2.67. The first-order valence-electron chi connectivity index (χ1n) is 7.99. The lowest BCUT2D eigenvalue weighted by molar-refractivity contribution is -0.149. The van der Waals surface area contributed by atoms with E-state index in [1.54, 1.807) is 24.3 Å². The van der Waals surface area contributed by atoms with Gasteiger partial charge in [-0.25, -0.2) is 4.79 Å². The third-order valence-corrected chi connectivity index (χ3v) is 7.20. The summed E-state index contributed by atoms with van der Waals surface area (Å²) in [5, 5.41) is 11.0. The molecule has 2 heterocycles. The predicted molar refractivity (Wildman–Crippen MR) is 106 cm³/mol. The summed E-state index contributed by atoms with van der Waals surface area (Å²) < 4.78 is 0. The first-order valence-corrected chi connectivity index (χ1v) is 10.9. The number of aliphatic carboxylic acids is 1. The van der Waals surface area contributed by atoms with Crippen molar-refractivity contribution in [2.75, 3.05) is 11.5 Å². The number of benzene rings is 1. The molecule has 1 N–H and O–H groups in total. The predicted octanol–water partition coefficient (Wildman–Crippen LogP) is 3.74. The van der Waals surface area contributed by atoms with E-state index in [2.05, 4.69) is 0 Å². The summed E-state index contributed by atoms with van der Waals surface area (Å²) in [5.74, 6) is -0.510. The average Bonchev–Trinajstić information content (AvgIpc) is 3.31. The molecule has 5 nitrogen and oxygen atoms in total. The summed E-state index contributed by atoms with van der Waals surface area (Å²) >= 11 is 4.07. The maximum atomic E-state index is 12.7. The van der Waals surface area contributed by atoms with Crippen LogP contribution in [0.25, 0.3) is 0 Å². The van der Waals surface area contributed by atoms with Crippen molar-refractivity contribution in [3.8, 4) is 0 Å². The smallest absolute Gasteiger partial charge is 0.327 e. The second-order valence-corrected chi connectivity index (χ2v) is 8.77. The number of nitrogens with zero attached hydrogens (tertiary/aromatic N) is 1. The molecule has 0 spiro atoms. The number of thioether (sulfide) groups is 2. The largest absolute Gasteiger partial charge is 0.480 e. The van der Waals surface area contributed by atoms with Gasteiger partial charge in [-0.05, 0) is 11.4 Å². The van der Waals surface area contributed by atoms with Crippen LogP contribution in [0.15, 0.2) is 47.8 Å². The van der Waals surface area contributed by atoms with Crippen molar-refractivity contribution in [1.82, 2.24) is 4.90 Å². The Kier molecular flexibility index (Phi) is 6.39. The van der Waals surface area contributed by atoms with Crippen molar-refractivity contribution in [2.45, 2.75) is 17.8 Å². The molecule has 0 radical (unpaired) electrons. The highest BCUT2D eigenvalue weighted by Crippen LogP contribution is 2.43. The maximum absolute atomic E-state index is 12.7. The first-order chi connectivity index (χ1) is 12.6. The molecule has 1 unspecified atom stereocenters. The van der Waals surface area contributed by atoms with E-state index in [4.69, 9.17) is 0 Å². The maximum Gasteiger partial charge on any atom is 0.327 e. The minimum atomic E-state index is -0.988. The molecule has 1 aromatic carbocycles. The standard InChI is InChI=1S/C18H17NO4S3/c20-15(8-10-25-18(23)12-5-2-1-3-6-12)19-13(17(21)22)11-26-16(19)14-7-4-9-24-14/h1-7,9,13,16H,8,10-11H2,(H,21,22)/t13-,16?/m0/s1.